The minimum absolute atomic E-state index is 0.260. The highest BCUT2D eigenvalue weighted by Gasteiger charge is 2.37. The van der Waals surface area contributed by atoms with Gasteiger partial charge in [-0.15, -0.1) is 0 Å². The van der Waals surface area contributed by atoms with Crippen LogP contribution in [0.1, 0.15) is 50.9 Å². The lowest BCUT2D eigenvalue weighted by atomic mass is 10.1. The third kappa shape index (κ3) is 4.43. The van der Waals surface area contributed by atoms with E-state index in [1.165, 1.54) is 11.1 Å². The Balaban J connectivity index is 2.83. The molecule has 0 aliphatic rings. The number of hydrogen-bond acceptors (Lipinski definition) is 2. The van der Waals surface area contributed by atoms with Crippen molar-refractivity contribution in [3.63, 3.8) is 0 Å². The van der Waals surface area contributed by atoms with Crippen LogP contribution >= 0.6 is 0 Å². The van der Waals surface area contributed by atoms with Crippen LogP contribution in [0.25, 0.3) is 0 Å². The second-order valence-corrected chi connectivity index (χ2v) is 11.7. The van der Waals surface area contributed by atoms with Crippen molar-refractivity contribution in [2.75, 3.05) is 0 Å². The summed E-state index contributed by atoms with van der Waals surface area (Å²) in [6, 6.07) is 2.20. The fraction of sp³-hybridized carbons (Fsp3) is 0.688. The number of aryl methyl sites for hydroxylation is 2. The number of hydrogen-bond donors (Lipinski definition) is 0. The molecule has 0 atom stereocenters. The Hall–Kier alpha value is -0.673. The first kappa shape index (κ1) is 16.4. The molecule has 0 radical (unpaired) electrons. The molecule has 19 heavy (non-hydrogen) atoms. The Labute approximate surface area is 119 Å². The smallest absolute Gasteiger partial charge is 0.192 e. The summed E-state index contributed by atoms with van der Waals surface area (Å²) in [7, 11) is -1.67. The minimum Gasteiger partial charge on any atom is -0.412 e. The highest BCUT2D eigenvalue weighted by atomic mass is 28.4. The summed E-state index contributed by atoms with van der Waals surface area (Å²) in [4.78, 5) is 4.42. The molecular formula is C16H29NOSi. The summed E-state index contributed by atoms with van der Waals surface area (Å²) < 4.78 is 6.31. The average molecular weight is 280 g/mol. The third-order valence-corrected chi connectivity index (χ3v) is 8.61. The largest absolute Gasteiger partial charge is 0.412 e. The van der Waals surface area contributed by atoms with Crippen LogP contribution in [0.4, 0.5) is 0 Å². The van der Waals surface area contributed by atoms with Crippen molar-refractivity contribution in [1.29, 1.82) is 0 Å². The van der Waals surface area contributed by atoms with Crippen molar-refractivity contribution >= 4 is 8.32 Å². The van der Waals surface area contributed by atoms with Crippen molar-refractivity contribution in [3.05, 3.63) is 29.1 Å². The molecule has 0 N–H and O–H groups in total. The Bertz CT molecular complexity index is 421. The first-order chi connectivity index (χ1) is 8.67. The van der Waals surface area contributed by atoms with E-state index < -0.39 is 8.32 Å². The number of rotatable bonds is 5. The van der Waals surface area contributed by atoms with Gasteiger partial charge in [0.2, 0.25) is 0 Å². The topological polar surface area (TPSA) is 22.1 Å². The fourth-order valence-corrected chi connectivity index (χ4v) is 2.70. The van der Waals surface area contributed by atoms with Gasteiger partial charge in [0.05, 0.1) is 6.61 Å². The minimum atomic E-state index is -1.67. The van der Waals surface area contributed by atoms with Gasteiger partial charge in [-0.25, -0.2) is 0 Å². The molecule has 1 heterocycles. The molecule has 0 spiro atoms. The molecule has 0 aromatic carbocycles. The Morgan fingerprint density at radius 2 is 1.84 bits per heavy atom. The monoisotopic (exact) mass is 279 g/mol. The standard InChI is InChI=1S/C16H29NOSi/c1-8-9-14-10-13(2)17-11-15(14)12-18-19(6,7)16(3,4)5/h10-11H,8-9,12H2,1-7H3. The molecule has 3 heteroatoms. The van der Waals surface area contributed by atoms with Crippen molar-refractivity contribution in [2.24, 2.45) is 0 Å². The van der Waals surface area contributed by atoms with Crippen molar-refractivity contribution < 1.29 is 4.43 Å². The van der Waals surface area contributed by atoms with E-state index in [2.05, 4.69) is 58.8 Å². The molecule has 1 rings (SSSR count). The number of aromatic nitrogens is 1. The van der Waals surface area contributed by atoms with Gasteiger partial charge in [-0.1, -0.05) is 34.1 Å². The first-order valence-corrected chi connectivity index (χ1v) is 10.2. The van der Waals surface area contributed by atoms with Crippen LogP contribution in [-0.2, 0) is 17.5 Å². The lowest BCUT2D eigenvalue weighted by Crippen LogP contribution is -2.40. The predicted molar refractivity (Wildman–Crippen MR) is 85.0 cm³/mol. The van der Waals surface area contributed by atoms with Crippen LogP contribution in [0.5, 0.6) is 0 Å². The summed E-state index contributed by atoms with van der Waals surface area (Å²) in [6.45, 7) is 16.4. The highest BCUT2D eigenvalue weighted by Crippen LogP contribution is 2.37. The van der Waals surface area contributed by atoms with Crippen molar-refractivity contribution in [2.45, 2.75) is 72.2 Å². The molecule has 0 unspecified atom stereocenters. The summed E-state index contributed by atoms with van der Waals surface area (Å²) in [5, 5.41) is 0.260. The second kappa shape index (κ2) is 6.19. The van der Waals surface area contributed by atoms with E-state index in [-0.39, 0.29) is 5.04 Å². The van der Waals surface area contributed by atoms with Gasteiger partial charge >= 0.3 is 0 Å². The summed E-state index contributed by atoms with van der Waals surface area (Å²) in [5.41, 5.74) is 3.76. The van der Waals surface area contributed by atoms with Crippen molar-refractivity contribution in [3.8, 4) is 0 Å². The van der Waals surface area contributed by atoms with Gasteiger partial charge in [-0.3, -0.25) is 4.98 Å². The second-order valence-electron chi connectivity index (χ2n) is 6.89. The van der Waals surface area contributed by atoms with Crippen LogP contribution in [0.2, 0.25) is 18.1 Å². The predicted octanol–water partition coefficient (Wildman–Crippen LogP) is 4.86. The van der Waals surface area contributed by atoms with E-state index in [1.807, 2.05) is 6.20 Å². The summed E-state index contributed by atoms with van der Waals surface area (Å²) in [5.74, 6) is 0. The third-order valence-electron chi connectivity index (χ3n) is 4.13. The Morgan fingerprint density at radius 1 is 1.21 bits per heavy atom. The molecule has 1 aromatic rings. The molecule has 0 aliphatic heterocycles. The molecule has 0 aliphatic carbocycles. The van der Waals surface area contributed by atoms with Gasteiger partial charge < -0.3 is 4.43 Å². The zero-order valence-corrected chi connectivity index (χ0v) is 14.6. The van der Waals surface area contributed by atoms with Gasteiger partial charge in [0.15, 0.2) is 8.32 Å². The number of nitrogens with zero attached hydrogens (tertiary/aromatic N) is 1. The molecule has 0 bridgehead atoms. The summed E-state index contributed by atoms with van der Waals surface area (Å²) in [6.07, 6.45) is 4.27. The lowest BCUT2D eigenvalue weighted by Gasteiger charge is -2.36. The highest BCUT2D eigenvalue weighted by molar-refractivity contribution is 6.74. The van der Waals surface area contributed by atoms with Gasteiger partial charge in [0.25, 0.3) is 0 Å². The van der Waals surface area contributed by atoms with Gasteiger partial charge in [-0.2, -0.15) is 0 Å². The number of pyridine rings is 1. The Kier molecular flexibility index (Phi) is 5.33. The maximum Gasteiger partial charge on any atom is 0.192 e. The Morgan fingerprint density at radius 3 is 2.37 bits per heavy atom. The zero-order chi connectivity index (χ0) is 14.7. The normalized spacial score (nSPS) is 12.8. The fourth-order valence-electron chi connectivity index (χ4n) is 1.75. The van der Waals surface area contributed by atoms with Crippen LogP contribution in [0.15, 0.2) is 12.3 Å². The van der Waals surface area contributed by atoms with Crippen molar-refractivity contribution in [1.82, 2.24) is 4.98 Å². The van der Waals surface area contributed by atoms with Crippen LogP contribution in [-0.4, -0.2) is 13.3 Å². The SMILES string of the molecule is CCCc1cc(C)ncc1CO[Si](C)(C)C(C)(C)C. The van der Waals surface area contributed by atoms with Crippen LogP contribution in [0.3, 0.4) is 0 Å². The van der Waals surface area contributed by atoms with Crippen LogP contribution in [0, 0.1) is 6.92 Å². The maximum atomic E-state index is 6.31. The van der Waals surface area contributed by atoms with Gasteiger partial charge in [0, 0.05) is 11.9 Å². The molecule has 0 saturated carbocycles. The first-order valence-electron chi connectivity index (χ1n) is 7.25. The van der Waals surface area contributed by atoms with E-state index in [9.17, 15) is 0 Å². The molecule has 1 aromatic heterocycles. The van der Waals surface area contributed by atoms with Crippen LogP contribution < -0.4 is 0 Å². The quantitative estimate of drug-likeness (QED) is 0.718. The van der Waals surface area contributed by atoms with E-state index in [4.69, 9.17) is 4.43 Å². The van der Waals surface area contributed by atoms with E-state index in [1.54, 1.807) is 0 Å². The molecular weight excluding hydrogens is 250 g/mol. The molecule has 2 nitrogen and oxygen atoms in total. The lowest BCUT2D eigenvalue weighted by molar-refractivity contribution is 0.275. The summed E-state index contributed by atoms with van der Waals surface area (Å²) >= 11 is 0. The molecule has 0 amide bonds. The molecule has 0 fully saturated rings. The zero-order valence-electron chi connectivity index (χ0n) is 13.6. The average Bonchev–Trinajstić information content (AvgIpc) is 2.27. The van der Waals surface area contributed by atoms with E-state index in [0.717, 1.165) is 18.5 Å². The van der Waals surface area contributed by atoms with E-state index in [0.29, 0.717) is 6.61 Å². The maximum absolute atomic E-state index is 6.31. The molecule has 0 saturated heterocycles. The molecule has 108 valence electrons. The van der Waals surface area contributed by atoms with Gasteiger partial charge in [0.1, 0.15) is 0 Å². The van der Waals surface area contributed by atoms with E-state index >= 15 is 0 Å². The van der Waals surface area contributed by atoms with Gasteiger partial charge in [-0.05, 0) is 48.7 Å².